The minimum atomic E-state index is 0.119. The van der Waals surface area contributed by atoms with Crippen LogP contribution in [-0.2, 0) is 4.79 Å². The van der Waals surface area contributed by atoms with Gasteiger partial charge in [0.2, 0.25) is 0 Å². The molecule has 0 spiro atoms. The number of fused-ring (bicyclic) bond motifs is 1. The normalized spacial score (nSPS) is 36.5. The summed E-state index contributed by atoms with van der Waals surface area (Å²) in [7, 11) is 0. The van der Waals surface area contributed by atoms with Gasteiger partial charge in [-0.3, -0.25) is 4.79 Å². The first-order valence-corrected chi connectivity index (χ1v) is 5.56. The molecule has 15 heavy (non-hydrogen) atoms. The van der Waals surface area contributed by atoms with Crippen LogP contribution in [0.3, 0.4) is 0 Å². The Morgan fingerprint density at radius 2 is 2.13 bits per heavy atom. The van der Waals surface area contributed by atoms with Crippen molar-refractivity contribution in [1.29, 1.82) is 0 Å². The van der Waals surface area contributed by atoms with Crippen molar-refractivity contribution in [3.8, 4) is 0 Å². The fourth-order valence-corrected chi connectivity index (χ4v) is 2.03. The highest BCUT2D eigenvalue weighted by molar-refractivity contribution is 5.96. The molecule has 0 amide bonds. The van der Waals surface area contributed by atoms with Crippen LogP contribution in [0.2, 0.25) is 0 Å². The third-order valence-electron chi connectivity index (χ3n) is 2.90. The van der Waals surface area contributed by atoms with E-state index in [1.54, 1.807) is 6.08 Å². The number of hydrogen-bond acceptors (Lipinski definition) is 3. The summed E-state index contributed by atoms with van der Waals surface area (Å²) >= 11 is 0. The molecule has 2 N–H and O–H groups in total. The van der Waals surface area contributed by atoms with E-state index in [1.807, 2.05) is 11.5 Å². The first kappa shape index (κ1) is 10.6. The van der Waals surface area contributed by atoms with Gasteiger partial charge in [0.15, 0.2) is 18.2 Å². The zero-order valence-corrected chi connectivity index (χ0v) is 9.29. The molecule has 1 fully saturated rings. The van der Waals surface area contributed by atoms with Crippen molar-refractivity contribution in [3.05, 3.63) is 6.08 Å². The average molecular weight is 208 g/mol. The number of rotatable bonds is 0. The van der Waals surface area contributed by atoms with Gasteiger partial charge in [-0.25, -0.2) is 10.6 Å². The first-order valence-electron chi connectivity index (χ1n) is 5.56. The lowest BCUT2D eigenvalue weighted by atomic mass is 10.1. The van der Waals surface area contributed by atoms with Crippen molar-refractivity contribution in [3.63, 3.8) is 0 Å². The van der Waals surface area contributed by atoms with Crippen molar-refractivity contribution < 1.29 is 9.37 Å². The smallest absolute Gasteiger partial charge is 0.274 e. The van der Waals surface area contributed by atoms with Crippen LogP contribution in [0.1, 0.15) is 26.7 Å². The van der Waals surface area contributed by atoms with Crippen LogP contribution in [0.5, 0.6) is 0 Å². The van der Waals surface area contributed by atoms with Gasteiger partial charge in [-0.2, -0.15) is 4.58 Å². The highest BCUT2D eigenvalue weighted by Crippen LogP contribution is 2.05. The van der Waals surface area contributed by atoms with Crippen molar-refractivity contribution in [2.24, 2.45) is 0 Å². The first-order chi connectivity index (χ1) is 7.15. The highest BCUT2D eigenvalue weighted by atomic mass is 16.1. The topological polar surface area (TPSA) is 44.1 Å². The molecule has 0 radical (unpaired) electrons. The summed E-state index contributed by atoms with van der Waals surface area (Å²) in [5.41, 5.74) is 0. The van der Waals surface area contributed by atoms with Gasteiger partial charge >= 0.3 is 0 Å². The Hall–Kier alpha value is -0.960. The molecule has 0 aliphatic carbocycles. The number of nitrogens with zero attached hydrogens (tertiary/aromatic N) is 1. The van der Waals surface area contributed by atoms with Gasteiger partial charge in [-0.15, -0.1) is 0 Å². The molecule has 82 valence electrons. The van der Waals surface area contributed by atoms with Crippen molar-refractivity contribution in [2.75, 3.05) is 6.54 Å². The van der Waals surface area contributed by atoms with Crippen LogP contribution >= 0.6 is 0 Å². The van der Waals surface area contributed by atoms with Crippen LogP contribution in [0.15, 0.2) is 6.08 Å². The van der Waals surface area contributed by atoms with Crippen molar-refractivity contribution in [2.45, 2.75) is 45.1 Å². The zero-order valence-electron chi connectivity index (χ0n) is 9.29. The van der Waals surface area contributed by atoms with E-state index in [9.17, 15) is 4.79 Å². The van der Waals surface area contributed by atoms with Crippen LogP contribution in [0.4, 0.5) is 0 Å². The Bertz CT molecular complexity index is 331. The lowest BCUT2D eigenvalue weighted by molar-refractivity contribution is -0.585. The lowest BCUT2D eigenvalue weighted by Gasteiger charge is -2.28. The zero-order chi connectivity index (χ0) is 10.8. The van der Waals surface area contributed by atoms with Gasteiger partial charge in [0, 0.05) is 24.9 Å². The maximum absolute atomic E-state index is 11.4. The summed E-state index contributed by atoms with van der Waals surface area (Å²) in [4.78, 5) is 11.4. The Balaban J connectivity index is 2.23. The summed E-state index contributed by atoms with van der Waals surface area (Å²) in [6.07, 6.45) is 3.32. The average Bonchev–Trinajstić information content (AvgIpc) is 2.14. The third-order valence-corrected chi connectivity index (χ3v) is 2.90. The second kappa shape index (κ2) is 4.27. The van der Waals surface area contributed by atoms with E-state index >= 15 is 0 Å². The van der Waals surface area contributed by atoms with Gasteiger partial charge in [0.25, 0.3) is 6.29 Å². The summed E-state index contributed by atoms with van der Waals surface area (Å²) in [6, 6.07) is 0.726. The van der Waals surface area contributed by atoms with Crippen LogP contribution in [0, 0.1) is 0 Å². The number of nitrogens with one attached hydrogen (secondary N) is 2. The largest absolute Gasteiger partial charge is 0.294 e. The Labute approximate surface area is 90.1 Å². The Morgan fingerprint density at radius 3 is 2.93 bits per heavy atom. The predicted octanol–water partition coefficient (Wildman–Crippen LogP) is -0.159. The summed E-state index contributed by atoms with van der Waals surface area (Å²) in [5.74, 6) is 3.19. The Morgan fingerprint density at radius 1 is 1.40 bits per heavy atom. The number of carbonyl (C=O) groups excluding carboxylic acids is 1. The van der Waals surface area contributed by atoms with E-state index in [1.165, 1.54) is 0 Å². The third kappa shape index (κ3) is 2.53. The molecule has 0 saturated carbocycles. The molecule has 0 aromatic carbocycles. The molecule has 2 rings (SSSR count). The van der Waals surface area contributed by atoms with Crippen molar-refractivity contribution in [1.82, 2.24) is 10.6 Å². The Kier molecular flexibility index (Phi) is 3.00. The van der Waals surface area contributed by atoms with Gasteiger partial charge in [-0.05, 0) is 13.8 Å². The molecule has 4 nitrogen and oxygen atoms in total. The molecule has 0 aromatic rings. The molecular weight excluding hydrogens is 190 g/mol. The quantitative estimate of drug-likeness (QED) is 0.544. The number of hydrogen-bond donors (Lipinski definition) is 2. The molecule has 0 bridgehead atoms. The fraction of sp³-hybridized carbons (Fsp3) is 0.727. The summed E-state index contributed by atoms with van der Waals surface area (Å²) in [5, 5.41) is 6.85. The lowest BCUT2D eigenvalue weighted by Crippen LogP contribution is -2.60. The predicted molar refractivity (Wildman–Crippen MR) is 57.9 cm³/mol. The maximum Gasteiger partial charge on any atom is 0.274 e. The molecule has 2 aliphatic heterocycles. The summed E-state index contributed by atoms with van der Waals surface area (Å²) in [6.45, 7) is 5.16. The number of carbonyl (C=O) groups is 1. The molecule has 2 heterocycles. The van der Waals surface area contributed by atoms with E-state index in [4.69, 9.17) is 0 Å². The van der Waals surface area contributed by atoms with Gasteiger partial charge in [-0.1, -0.05) is 0 Å². The van der Waals surface area contributed by atoms with E-state index in [0.717, 1.165) is 13.0 Å². The van der Waals surface area contributed by atoms with E-state index in [2.05, 4.69) is 23.4 Å². The molecule has 2 aliphatic rings. The molecule has 1 saturated heterocycles. The highest BCUT2D eigenvalue weighted by Gasteiger charge is 2.30. The maximum atomic E-state index is 11.4. The minimum Gasteiger partial charge on any atom is -0.294 e. The minimum absolute atomic E-state index is 0.119. The van der Waals surface area contributed by atoms with Gasteiger partial charge in [0.05, 0.1) is 6.08 Å². The van der Waals surface area contributed by atoms with Crippen molar-refractivity contribution >= 4 is 11.7 Å². The van der Waals surface area contributed by atoms with E-state index < -0.39 is 0 Å². The monoisotopic (exact) mass is 208 g/mol. The van der Waals surface area contributed by atoms with Crippen LogP contribution in [0.25, 0.3) is 0 Å². The molecule has 0 aromatic heterocycles. The van der Waals surface area contributed by atoms with Gasteiger partial charge < -0.3 is 0 Å². The van der Waals surface area contributed by atoms with Gasteiger partial charge in [0.1, 0.15) is 0 Å². The fourth-order valence-electron chi connectivity index (χ4n) is 2.03. The standard InChI is InChI=1S/C11H18N3O/c1-8-3-5-14-6-4-10(15)7-9(2)13-11(14)12-8/h4,8-9,11-13H,3,5,7H2,1-2H3/q+1. The molecule has 4 heteroatoms. The molecule has 3 unspecified atom stereocenters. The second-order valence-corrected chi connectivity index (χ2v) is 4.46. The number of allylic oxidation sites excluding steroid dienone is 1. The second-order valence-electron chi connectivity index (χ2n) is 4.46. The number of ketones is 1. The van der Waals surface area contributed by atoms with Crippen LogP contribution in [-0.4, -0.2) is 41.1 Å². The SMILES string of the molecule is CC1CC[N+]2=C=CC(=O)CC(C)NC2N1. The van der Waals surface area contributed by atoms with Crippen LogP contribution < -0.4 is 10.6 Å². The van der Waals surface area contributed by atoms with E-state index in [0.29, 0.717) is 12.5 Å². The molecule has 3 atom stereocenters. The summed E-state index contributed by atoms with van der Waals surface area (Å²) < 4.78 is 2.04. The van der Waals surface area contributed by atoms with E-state index in [-0.39, 0.29) is 18.1 Å². The molecular formula is C11H18N3O+.